The number of thiophene rings is 1. The minimum Gasteiger partial charge on any atom is -0.480 e. The first-order chi connectivity index (χ1) is 9.95. The fourth-order valence-electron chi connectivity index (χ4n) is 1.92. The van der Waals surface area contributed by atoms with Crippen LogP contribution in [0.4, 0.5) is 10.7 Å². The third-order valence-corrected chi connectivity index (χ3v) is 3.85. The van der Waals surface area contributed by atoms with Gasteiger partial charge in [0.1, 0.15) is 6.54 Å². The Morgan fingerprint density at radius 2 is 2.05 bits per heavy atom. The molecule has 0 aliphatic carbocycles. The Labute approximate surface area is 125 Å². The monoisotopic (exact) mass is 306 g/mol. The standard InChI is InChI=1S/C14H14N2O4S/c1-10-2-4-12(5-3-10)15(8-14(17)18)7-11-6-13(16(19)20)21-9-11/h2-6,9H,7-8H2,1H3,(H,17,18). The molecule has 1 N–H and O–H groups in total. The van der Waals surface area contributed by atoms with Crippen LogP contribution in [0.3, 0.4) is 0 Å². The van der Waals surface area contributed by atoms with Gasteiger partial charge < -0.3 is 10.0 Å². The summed E-state index contributed by atoms with van der Waals surface area (Å²) in [6.45, 7) is 2.11. The molecule has 7 heteroatoms. The first-order valence-corrected chi connectivity index (χ1v) is 7.09. The fraction of sp³-hybridized carbons (Fsp3) is 0.214. The highest BCUT2D eigenvalue weighted by molar-refractivity contribution is 7.13. The average Bonchev–Trinajstić information content (AvgIpc) is 2.87. The first kappa shape index (κ1) is 15.0. The van der Waals surface area contributed by atoms with Crippen molar-refractivity contribution in [3.63, 3.8) is 0 Å². The zero-order chi connectivity index (χ0) is 15.4. The van der Waals surface area contributed by atoms with Gasteiger partial charge in [0.15, 0.2) is 0 Å². The van der Waals surface area contributed by atoms with E-state index in [1.807, 2.05) is 31.2 Å². The number of carboxylic acids is 1. The number of carboxylic acid groups (broad SMARTS) is 1. The Kier molecular flexibility index (Phi) is 4.54. The van der Waals surface area contributed by atoms with E-state index in [0.717, 1.165) is 28.2 Å². The highest BCUT2D eigenvalue weighted by atomic mass is 32.1. The zero-order valence-corrected chi connectivity index (χ0v) is 12.2. The number of aryl methyl sites for hydroxylation is 1. The van der Waals surface area contributed by atoms with Gasteiger partial charge in [-0.05, 0) is 24.6 Å². The molecule has 0 atom stereocenters. The van der Waals surface area contributed by atoms with Crippen LogP contribution >= 0.6 is 11.3 Å². The molecule has 0 radical (unpaired) electrons. The Hall–Kier alpha value is -2.41. The van der Waals surface area contributed by atoms with E-state index in [2.05, 4.69) is 0 Å². The molecule has 6 nitrogen and oxygen atoms in total. The number of carbonyl (C=O) groups is 1. The Balaban J connectivity index is 2.21. The van der Waals surface area contributed by atoms with E-state index in [1.165, 1.54) is 6.07 Å². The molecule has 0 fully saturated rings. The minimum atomic E-state index is -0.944. The van der Waals surface area contributed by atoms with Crippen molar-refractivity contribution in [2.75, 3.05) is 11.4 Å². The van der Waals surface area contributed by atoms with Crippen molar-refractivity contribution < 1.29 is 14.8 Å². The van der Waals surface area contributed by atoms with E-state index >= 15 is 0 Å². The van der Waals surface area contributed by atoms with Gasteiger partial charge in [-0.3, -0.25) is 14.9 Å². The number of hydrogen-bond acceptors (Lipinski definition) is 5. The van der Waals surface area contributed by atoms with E-state index in [-0.39, 0.29) is 11.5 Å². The summed E-state index contributed by atoms with van der Waals surface area (Å²) in [6.07, 6.45) is 0. The Bertz CT molecular complexity index is 651. The van der Waals surface area contributed by atoms with E-state index < -0.39 is 10.9 Å². The smallest absolute Gasteiger partial charge is 0.324 e. The molecule has 1 heterocycles. The second kappa shape index (κ2) is 6.36. The van der Waals surface area contributed by atoms with Gasteiger partial charge in [0.2, 0.25) is 0 Å². The lowest BCUT2D eigenvalue weighted by Crippen LogP contribution is -2.28. The van der Waals surface area contributed by atoms with Crippen molar-refractivity contribution in [3.8, 4) is 0 Å². The number of benzene rings is 1. The summed E-state index contributed by atoms with van der Waals surface area (Å²) in [5, 5.41) is 21.5. The molecule has 21 heavy (non-hydrogen) atoms. The second-order valence-corrected chi connectivity index (χ2v) is 5.53. The Morgan fingerprint density at radius 3 is 2.57 bits per heavy atom. The molecular formula is C14H14N2O4S. The van der Waals surface area contributed by atoms with Crippen LogP contribution in [-0.4, -0.2) is 22.5 Å². The minimum absolute atomic E-state index is 0.0594. The van der Waals surface area contributed by atoms with Gasteiger partial charge in [0, 0.05) is 23.7 Å². The predicted molar refractivity (Wildman–Crippen MR) is 80.8 cm³/mol. The number of nitro groups is 1. The maximum Gasteiger partial charge on any atom is 0.324 e. The molecular weight excluding hydrogens is 292 g/mol. The molecule has 1 aromatic carbocycles. The topological polar surface area (TPSA) is 83.7 Å². The van der Waals surface area contributed by atoms with Crippen LogP contribution in [-0.2, 0) is 11.3 Å². The lowest BCUT2D eigenvalue weighted by atomic mass is 10.2. The van der Waals surface area contributed by atoms with Gasteiger partial charge in [-0.25, -0.2) is 0 Å². The van der Waals surface area contributed by atoms with E-state index in [9.17, 15) is 14.9 Å². The van der Waals surface area contributed by atoms with Gasteiger partial charge in [0.25, 0.3) is 0 Å². The second-order valence-electron chi connectivity index (χ2n) is 4.64. The van der Waals surface area contributed by atoms with E-state index in [4.69, 9.17) is 5.11 Å². The predicted octanol–water partition coefficient (Wildman–Crippen LogP) is 3.06. The number of nitrogens with zero attached hydrogens (tertiary/aromatic N) is 2. The molecule has 0 spiro atoms. The molecule has 0 saturated heterocycles. The van der Waals surface area contributed by atoms with Crippen molar-refractivity contribution in [1.82, 2.24) is 0 Å². The summed E-state index contributed by atoms with van der Waals surface area (Å²) in [5.74, 6) is -0.944. The van der Waals surface area contributed by atoms with Crippen molar-refractivity contribution in [2.45, 2.75) is 13.5 Å². The maximum atomic E-state index is 11.0. The summed E-state index contributed by atoms with van der Waals surface area (Å²) < 4.78 is 0. The molecule has 2 aromatic rings. The quantitative estimate of drug-likeness (QED) is 0.655. The lowest BCUT2D eigenvalue weighted by Gasteiger charge is -2.22. The van der Waals surface area contributed by atoms with Crippen LogP contribution in [0.2, 0.25) is 0 Å². The third-order valence-electron chi connectivity index (χ3n) is 2.92. The van der Waals surface area contributed by atoms with Gasteiger partial charge in [-0.2, -0.15) is 0 Å². The van der Waals surface area contributed by atoms with Gasteiger partial charge in [0.05, 0.1) is 4.92 Å². The molecule has 110 valence electrons. The van der Waals surface area contributed by atoms with Crippen molar-refractivity contribution in [2.24, 2.45) is 0 Å². The molecule has 0 aliphatic heterocycles. The molecule has 0 saturated carbocycles. The van der Waals surface area contributed by atoms with Crippen LogP contribution in [0.5, 0.6) is 0 Å². The van der Waals surface area contributed by atoms with Crippen molar-refractivity contribution in [1.29, 1.82) is 0 Å². The van der Waals surface area contributed by atoms with Gasteiger partial charge in [-0.1, -0.05) is 29.0 Å². The molecule has 0 amide bonds. The molecule has 1 aromatic heterocycles. The summed E-state index contributed by atoms with van der Waals surface area (Å²) in [4.78, 5) is 22.9. The van der Waals surface area contributed by atoms with E-state index in [0.29, 0.717) is 6.54 Å². The fourth-order valence-corrected chi connectivity index (χ4v) is 2.64. The normalized spacial score (nSPS) is 10.3. The Morgan fingerprint density at radius 1 is 1.38 bits per heavy atom. The summed E-state index contributed by atoms with van der Waals surface area (Å²) >= 11 is 1.04. The highest BCUT2D eigenvalue weighted by Gasteiger charge is 2.15. The molecule has 0 unspecified atom stereocenters. The molecule has 2 rings (SSSR count). The number of aliphatic carboxylic acids is 1. The van der Waals surface area contributed by atoms with Crippen LogP contribution in [0.25, 0.3) is 0 Å². The van der Waals surface area contributed by atoms with Crippen LogP contribution in [0, 0.1) is 17.0 Å². The summed E-state index contributed by atoms with van der Waals surface area (Å²) in [7, 11) is 0. The van der Waals surface area contributed by atoms with Crippen molar-refractivity contribution >= 4 is 28.0 Å². The van der Waals surface area contributed by atoms with Crippen LogP contribution in [0.1, 0.15) is 11.1 Å². The average molecular weight is 306 g/mol. The lowest BCUT2D eigenvalue weighted by molar-refractivity contribution is -0.380. The third kappa shape index (κ3) is 4.03. The van der Waals surface area contributed by atoms with Gasteiger partial charge in [-0.15, -0.1) is 0 Å². The number of rotatable bonds is 6. The van der Waals surface area contributed by atoms with E-state index in [1.54, 1.807) is 10.3 Å². The van der Waals surface area contributed by atoms with Gasteiger partial charge >= 0.3 is 11.0 Å². The molecule has 0 aliphatic rings. The highest BCUT2D eigenvalue weighted by Crippen LogP contribution is 2.25. The number of hydrogen-bond donors (Lipinski definition) is 1. The van der Waals surface area contributed by atoms with Crippen molar-refractivity contribution in [3.05, 3.63) is 57.0 Å². The molecule has 0 bridgehead atoms. The SMILES string of the molecule is Cc1ccc(N(CC(=O)O)Cc2csc([N+](=O)[O-])c2)cc1. The number of anilines is 1. The zero-order valence-electron chi connectivity index (χ0n) is 11.4. The first-order valence-electron chi connectivity index (χ1n) is 6.21. The largest absolute Gasteiger partial charge is 0.480 e. The summed E-state index contributed by atoms with van der Waals surface area (Å²) in [5.41, 5.74) is 2.59. The summed E-state index contributed by atoms with van der Waals surface area (Å²) in [6, 6.07) is 8.98. The van der Waals surface area contributed by atoms with Crippen LogP contribution in [0.15, 0.2) is 35.7 Å². The van der Waals surface area contributed by atoms with Crippen LogP contribution < -0.4 is 4.90 Å². The maximum absolute atomic E-state index is 11.0.